The van der Waals surface area contributed by atoms with Crippen LogP contribution in [0.1, 0.15) is 73.8 Å². The van der Waals surface area contributed by atoms with Gasteiger partial charge < -0.3 is 5.32 Å². The van der Waals surface area contributed by atoms with E-state index in [1.54, 1.807) is 18.3 Å². The number of unbranched alkanes of at least 4 members (excludes halogenated alkanes) is 5. The molecule has 0 aromatic heterocycles. The summed E-state index contributed by atoms with van der Waals surface area (Å²) in [4.78, 5) is 24.9. The van der Waals surface area contributed by atoms with Crippen LogP contribution in [0.3, 0.4) is 0 Å². The predicted octanol–water partition coefficient (Wildman–Crippen LogP) is 5.01. The van der Waals surface area contributed by atoms with E-state index in [2.05, 4.69) is 22.8 Å². The van der Waals surface area contributed by atoms with Gasteiger partial charge in [0.1, 0.15) is 0 Å². The molecule has 2 aromatic carbocycles. The lowest BCUT2D eigenvalue weighted by Crippen LogP contribution is -2.32. The van der Waals surface area contributed by atoms with Crippen LogP contribution < -0.4 is 10.7 Å². The Kier molecular flexibility index (Phi) is 10.2. The molecule has 0 aliphatic carbocycles. The second kappa shape index (κ2) is 13.3. The van der Waals surface area contributed by atoms with E-state index < -0.39 is 6.04 Å². The van der Waals surface area contributed by atoms with Crippen LogP contribution in [0.5, 0.6) is 0 Å². The van der Waals surface area contributed by atoms with Crippen molar-refractivity contribution in [3.8, 4) is 0 Å². The summed E-state index contributed by atoms with van der Waals surface area (Å²) in [7, 11) is 0. The number of nitrogens with one attached hydrogen (secondary N) is 2. The number of hydrogen-bond acceptors (Lipinski definition) is 3. The van der Waals surface area contributed by atoms with Gasteiger partial charge in [0.2, 0.25) is 5.91 Å². The highest BCUT2D eigenvalue weighted by molar-refractivity contribution is 5.94. The third-order valence-electron chi connectivity index (χ3n) is 4.65. The van der Waals surface area contributed by atoms with Crippen LogP contribution in [0, 0.1) is 0 Å². The highest BCUT2D eigenvalue weighted by Crippen LogP contribution is 2.17. The van der Waals surface area contributed by atoms with Crippen LogP contribution >= 0.6 is 0 Å². The van der Waals surface area contributed by atoms with Crippen LogP contribution in [0.4, 0.5) is 0 Å². The molecule has 1 atom stereocenters. The molecule has 2 rings (SSSR count). The number of amides is 2. The van der Waals surface area contributed by atoms with Crippen LogP contribution in [0.15, 0.2) is 65.8 Å². The van der Waals surface area contributed by atoms with E-state index in [9.17, 15) is 9.59 Å². The topological polar surface area (TPSA) is 70.6 Å². The lowest BCUT2D eigenvalue weighted by atomic mass is 10.0. The minimum atomic E-state index is -0.423. The molecule has 2 aromatic rings. The van der Waals surface area contributed by atoms with Crippen LogP contribution in [-0.2, 0) is 4.79 Å². The van der Waals surface area contributed by atoms with Crippen molar-refractivity contribution in [3.05, 3.63) is 71.8 Å². The molecule has 0 radical (unpaired) electrons. The van der Waals surface area contributed by atoms with Crippen molar-refractivity contribution >= 4 is 18.0 Å². The summed E-state index contributed by atoms with van der Waals surface area (Å²) in [5.41, 5.74) is 4.02. The van der Waals surface area contributed by atoms with Crippen LogP contribution in [-0.4, -0.2) is 18.0 Å². The molecule has 0 bridgehead atoms. The summed E-state index contributed by atoms with van der Waals surface area (Å²) >= 11 is 0. The van der Waals surface area contributed by atoms with Gasteiger partial charge in [0.15, 0.2) is 0 Å². The average molecular weight is 394 g/mol. The first kappa shape index (κ1) is 22.3. The molecule has 0 aliphatic rings. The summed E-state index contributed by atoms with van der Waals surface area (Å²) in [5.74, 6) is -0.433. The lowest BCUT2D eigenvalue weighted by Gasteiger charge is -2.18. The molecule has 0 spiro atoms. The summed E-state index contributed by atoms with van der Waals surface area (Å²) in [6, 6.07) is 18.1. The van der Waals surface area contributed by atoms with Crippen molar-refractivity contribution in [2.24, 2.45) is 5.10 Å². The molecular formula is C24H31N3O2. The molecule has 0 saturated heterocycles. The first-order valence-corrected chi connectivity index (χ1v) is 10.4. The van der Waals surface area contributed by atoms with Crippen molar-refractivity contribution in [2.75, 3.05) is 0 Å². The maximum absolute atomic E-state index is 12.5. The molecule has 0 saturated carbocycles. The number of rotatable bonds is 12. The van der Waals surface area contributed by atoms with Gasteiger partial charge in [-0.1, -0.05) is 81.1 Å². The Morgan fingerprint density at radius 2 is 1.59 bits per heavy atom. The second-order valence-electron chi connectivity index (χ2n) is 7.06. The van der Waals surface area contributed by atoms with Crippen LogP contribution in [0.25, 0.3) is 0 Å². The fourth-order valence-corrected chi connectivity index (χ4v) is 3.02. The Morgan fingerprint density at radius 3 is 2.28 bits per heavy atom. The average Bonchev–Trinajstić information content (AvgIpc) is 2.76. The summed E-state index contributed by atoms with van der Waals surface area (Å²) < 4.78 is 0. The quantitative estimate of drug-likeness (QED) is 0.302. The molecule has 2 N–H and O–H groups in total. The molecular weight excluding hydrogens is 362 g/mol. The second-order valence-corrected chi connectivity index (χ2v) is 7.06. The molecule has 5 heteroatoms. The van der Waals surface area contributed by atoms with Gasteiger partial charge >= 0.3 is 0 Å². The van der Waals surface area contributed by atoms with E-state index in [0.717, 1.165) is 18.4 Å². The summed E-state index contributed by atoms with van der Waals surface area (Å²) in [6.07, 6.45) is 8.75. The Labute approximate surface area is 173 Å². The van der Waals surface area contributed by atoms with E-state index in [1.165, 1.54) is 25.7 Å². The zero-order chi connectivity index (χ0) is 20.7. The van der Waals surface area contributed by atoms with E-state index >= 15 is 0 Å². The highest BCUT2D eigenvalue weighted by atomic mass is 16.2. The number of hydrogen-bond donors (Lipinski definition) is 2. The Bertz CT molecular complexity index is 760. The minimum Gasteiger partial charge on any atom is -0.345 e. The Morgan fingerprint density at radius 1 is 0.931 bits per heavy atom. The number of carbonyl (C=O) groups is 2. The van der Waals surface area contributed by atoms with Crippen molar-refractivity contribution in [1.82, 2.24) is 10.7 Å². The number of nitrogens with zero attached hydrogens (tertiary/aromatic N) is 1. The zero-order valence-electron chi connectivity index (χ0n) is 17.1. The first-order valence-electron chi connectivity index (χ1n) is 10.4. The molecule has 154 valence electrons. The van der Waals surface area contributed by atoms with Gasteiger partial charge in [0.25, 0.3) is 5.91 Å². The fraction of sp³-hybridized carbons (Fsp3) is 0.375. The standard InChI is InChI=1S/C24H31N3O2/c1-2-3-4-5-6-13-18-25-27-23(28)19-22(20-14-9-7-10-15-20)26-24(29)21-16-11-8-12-17-21/h7-12,14-18,22H,2-6,13,19H2,1H3,(H,26,29)(H,27,28)/t22-/m0/s1. The van der Waals surface area contributed by atoms with Gasteiger partial charge in [-0.3, -0.25) is 9.59 Å². The molecule has 0 unspecified atom stereocenters. The summed E-state index contributed by atoms with van der Waals surface area (Å²) in [5, 5.41) is 7.00. The maximum atomic E-state index is 12.5. The maximum Gasteiger partial charge on any atom is 0.251 e. The lowest BCUT2D eigenvalue weighted by molar-refractivity contribution is -0.121. The number of carbonyl (C=O) groups excluding carboxylic acids is 2. The molecule has 5 nitrogen and oxygen atoms in total. The van der Waals surface area contributed by atoms with E-state index in [0.29, 0.717) is 5.56 Å². The number of benzene rings is 2. The molecule has 29 heavy (non-hydrogen) atoms. The largest absolute Gasteiger partial charge is 0.345 e. The summed E-state index contributed by atoms with van der Waals surface area (Å²) in [6.45, 7) is 2.20. The van der Waals surface area contributed by atoms with Crippen molar-refractivity contribution in [1.29, 1.82) is 0 Å². The number of hydrazone groups is 1. The van der Waals surface area contributed by atoms with Gasteiger partial charge in [-0.05, 0) is 30.5 Å². The highest BCUT2D eigenvalue weighted by Gasteiger charge is 2.19. The van der Waals surface area contributed by atoms with Crippen molar-refractivity contribution < 1.29 is 9.59 Å². The molecule has 0 fully saturated rings. The minimum absolute atomic E-state index is 0.121. The smallest absolute Gasteiger partial charge is 0.251 e. The van der Waals surface area contributed by atoms with Gasteiger partial charge in [0.05, 0.1) is 12.5 Å². The monoisotopic (exact) mass is 393 g/mol. The normalized spacial score (nSPS) is 11.9. The fourth-order valence-electron chi connectivity index (χ4n) is 3.02. The molecule has 2 amide bonds. The van der Waals surface area contributed by atoms with E-state index in [4.69, 9.17) is 0 Å². The SMILES string of the molecule is CCCCCCCC=NNC(=O)C[C@H](NC(=O)c1ccccc1)c1ccccc1. The third-order valence-corrected chi connectivity index (χ3v) is 4.65. The van der Waals surface area contributed by atoms with Crippen LogP contribution in [0.2, 0.25) is 0 Å². The van der Waals surface area contributed by atoms with Crippen molar-refractivity contribution in [3.63, 3.8) is 0 Å². The predicted molar refractivity (Wildman–Crippen MR) is 118 cm³/mol. The van der Waals surface area contributed by atoms with Gasteiger partial charge in [-0.15, -0.1) is 0 Å². The van der Waals surface area contributed by atoms with E-state index in [-0.39, 0.29) is 18.2 Å². The first-order chi connectivity index (χ1) is 14.2. The third kappa shape index (κ3) is 8.73. The molecule has 0 aliphatic heterocycles. The Hall–Kier alpha value is -2.95. The zero-order valence-corrected chi connectivity index (χ0v) is 17.1. The Balaban J connectivity index is 1.87. The van der Waals surface area contributed by atoms with Gasteiger partial charge in [-0.25, -0.2) is 5.43 Å². The van der Waals surface area contributed by atoms with Crippen molar-refractivity contribution in [2.45, 2.75) is 57.9 Å². The van der Waals surface area contributed by atoms with E-state index in [1.807, 2.05) is 48.5 Å². The van der Waals surface area contributed by atoms with Gasteiger partial charge in [0, 0.05) is 11.8 Å². The van der Waals surface area contributed by atoms with Gasteiger partial charge in [-0.2, -0.15) is 5.10 Å². The molecule has 0 heterocycles.